The lowest BCUT2D eigenvalue weighted by molar-refractivity contribution is -0.120. The fourth-order valence-corrected chi connectivity index (χ4v) is 4.35. The van der Waals surface area contributed by atoms with Crippen LogP contribution in [-0.2, 0) is 4.79 Å². The van der Waals surface area contributed by atoms with Crippen LogP contribution in [0.1, 0.15) is 32.1 Å². The van der Waals surface area contributed by atoms with Gasteiger partial charge >= 0.3 is 0 Å². The van der Waals surface area contributed by atoms with E-state index in [-0.39, 0.29) is 11.8 Å². The van der Waals surface area contributed by atoms with Crippen molar-refractivity contribution in [3.63, 3.8) is 0 Å². The van der Waals surface area contributed by atoms with Crippen LogP contribution in [-0.4, -0.2) is 10.9 Å². The van der Waals surface area contributed by atoms with Gasteiger partial charge in [0.2, 0.25) is 5.91 Å². The molecule has 0 spiro atoms. The minimum atomic E-state index is 0.106. The average Bonchev–Trinajstić information content (AvgIpc) is 3.23. The van der Waals surface area contributed by atoms with Gasteiger partial charge in [-0.25, -0.2) is 9.83 Å². The molecule has 4 rings (SSSR count). The molecule has 1 aromatic heterocycles. The maximum Gasteiger partial charge on any atom is 0.229 e. The molecule has 4 nitrogen and oxygen atoms in total. The summed E-state index contributed by atoms with van der Waals surface area (Å²) in [7, 11) is 0. The summed E-state index contributed by atoms with van der Waals surface area (Å²) in [5.74, 6) is 0.233. The van der Waals surface area contributed by atoms with Crippen LogP contribution in [0.2, 0.25) is 0 Å². The Morgan fingerprint density at radius 3 is 2.54 bits per heavy atom. The van der Waals surface area contributed by atoms with E-state index in [0.717, 1.165) is 48.1 Å². The highest BCUT2D eigenvalue weighted by Gasteiger charge is 2.22. The zero-order valence-corrected chi connectivity index (χ0v) is 16.3. The molecule has 2 aromatic carbocycles. The van der Waals surface area contributed by atoms with Crippen LogP contribution in [0.15, 0.2) is 53.9 Å². The lowest BCUT2D eigenvalue weighted by Crippen LogP contribution is -2.24. The molecule has 5 heteroatoms. The first kappa shape index (κ1) is 18.4. The van der Waals surface area contributed by atoms with Gasteiger partial charge in [0.25, 0.3) is 0 Å². The van der Waals surface area contributed by atoms with Crippen molar-refractivity contribution >= 4 is 28.1 Å². The fourth-order valence-electron chi connectivity index (χ4n) is 3.62. The van der Waals surface area contributed by atoms with E-state index in [1.165, 1.54) is 17.8 Å². The Balaban J connectivity index is 1.50. The predicted octanol–water partition coefficient (Wildman–Crippen LogP) is 6.55. The van der Waals surface area contributed by atoms with Crippen molar-refractivity contribution in [3.05, 3.63) is 65.3 Å². The molecule has 0 atom stereocenters. The van der Waals surface area contributed by atoms with Crippen LogP contribution in [0.4, 0.5) is 10.8 Å². The van der Waals surface area contributed by atoms with Crippen molar-refractivity contribution in [2.75, 3.05) is 5.32 Å². The quantitative estimate of drug-likeness (QED) is 0.516. The van der Waals surface area contributed by atoms with Crippen molar-refractivity contribution in [1.29, 1.82) is 0 Å². The maximum atomic E-state index is 12.4. The second kappa shape index (κ2) is 8.37. The largest absolute Gasteiger partial charge is 0.302 e. The van der Waals surface area contributed by atoms with Gasteiger partial charge in [0.1, 0.15) is 0 Å². The second-order valence-electron chi connectivity index (χ2n) is 7.10. The maximum absolute atomic E-state index is 12.4. The Morgan fingerprint density at radius 2 is 1.79 bits per heavy atom. The smallest absolute Gasteiger partial charge is 0.229 e. The lowest BCUT2D eigenvalue weighted by Gasteiger charge is -2.19. The van der Waals surface area contributed by atoms with E-state index < -0.39 is 0 Å². The minimum absolute atomic E-state index is 0.106. The molecule has 1 N–H and O–H groups in total. The van der Waals surface area contributed by atoms with Crippen LogP contribution in [0.5, 0.6) is 0 Å². The fraction of sp³-hybridized carbons (Fsp3) is 0.261. The molecule has 1 aliphatic carbocycles. The van der Waals surface area contributed by atoms with Crippen molar-refractivity contribution in [2.45, 2.75) is 32.1 Å². The monoisotopic (exact) mass is 387 g/mol. The Hall–Kier alpha value is -2.97. The summed E-state index contributed by atoms with van der Waals surface area (Å²) >= 11 is 1.47. The summed E-state index contributed by atoms with van der Waals surface area (Å²) in [6.45, 7) is 7.07. The van der Waals surface area contributed by atoms with Crippen LogP contribution >= 0.6 is 11.3 Å². The van der Waals surface area contributed by atoms with Crippen molar-refractivity contribution in [3.8, 4) is 22.4 Å². The van der Waals surface area contributed by atoms with E-state index in [0.29, 0.717) is 10.8 Å². The second-order valence-corrected chi connectivity index (χ2v) is 7.96. The highest BCUT2D eigenvalue weighted by molar-refractivity contribution is 7.14. The number of nitrogens with one attached hydrogen (secondary N) is 1. The molecular formula is C23H21N3OS. The number of aromatic nitrogens is 1. The summed E-state index contributed by atoms with van der Waals surface area (Å²) < 4.78 is 0. The predicted molar refractivity (Wildman–Crippen MR) is 114 cm³/mol. The molecule has 1 heterocycles. The summed E-state index contributed by atoms with van der Waals surface area (Å²) in [5.41, 5.74) is 4.66. The van der Waals surface area contributed by atoms with E-state index >= 15 is 0 Å². The number of hydrogen-bond donors (Lipinski definition) is 1. The molecule has 1 saturated carbocycles. The summed E-state index contributed by atoms with van der Waals surface area (Å²) in [4.78, 5) is 20.5. The van der Waals surface area contributed by atoms with Gasteiger partial charge < -0.3 is 5.32 Å². The normalized spacial score (nSPS) is 14.4. The van der Waals surface area contributed by atoms with E-state index in [1.807, 2.05) is 41.8 Å². The molecule has 0 aliphatic heterocycles. The van der Waals surface area contributed by atoms with E-state index in [1.54, 1.807) is 0 Å². The summed E-state index contributed by atoms with van der Waals surface area (Å²) in [5, 5.41) is 5.65. The molecular weight excluding hydrogens is 366 g/mol. The molecule has 0 radical (unpaired) electrons. The number of carbonyl (C=O) groups excluding carboxylic acids is 1. The van der Waals surface area contributed by atoms with Crippen molar-refractivity contribution in [2.24, 2.45) is 5.92 Å². The zero-order chi connectivity index (χ0) is 19.3. The lowest BCUT2D eigenvalue weighted by atomic mass is 9.89. The van der Waals surface area contributed by atoms with Crippen molar-refractivity contribution < 1.29 is 4.79 Å². The number of thiazole rings is 1. The SMILES string of the molecule is [C-]#[N+]c1ccc(-c2cccc(-c3csc(NC(=O)C4CCCCC4)n3)c2)cc1. The number of hydrogen-bond acceptors (Lipinski definition) is 3. The van der Waals surface area contributed by atoms with Crippen LogP contribution < -0.4 is 5.32 Å². The molecule has 0 saturated heterocycles. The standard InChI is InChI=1S/C23H21N3OS/c1-24-20-12-10-16(11-13-20)18-8-5-9-19(14-18)21-15-28-23(25-21)26-22(27)17-6-3-2-4-7-17/h5,8-15,17H,2-4,6-7H2,(H,25,26,27). The third-order valence-electron chi connectivity index (χ3n) is 5.20. The van der Waals surface area contributed by atoms with Gasteiger partial charge in [-0.2, -0.15) is 0 Å². The third kappa shape index (κ3) is 4.13. The number of benzene rings is 2. The highest BCUT2D eigenvalue weighted by atomic mass is 32.1. The molecule has 3 aromatic rings. The number of carbonyl (C=O) groups is 1. The number of anilines is 1. The first-order chi connectivity index (χ1) is 13.7. The first-order valence-corrected chi connectivity index (χ1v) is 10.5. The van der Waals surface area contributed by atoms with Crippen LogP contribution in [0.3, 0.4) is 0 Å². The molecule has 28 heavy (non-hydrogen) atoms. The third-order valence-corrected chi connectivity index (χ3v) is 5.96. The minimum Gasteiger partial charge on any atom is -0.302 e. The molecule has 0 unspecified atom stereocenters. The van der Waals surface area contributed by atoms with Gasteiger partial charge in [0, 0.05) is 16.9 Å². The van der Waals surface area contributed by atoms with Crippen LogP contribution in [0, 0.1) is 12.5 Å². The number of nitrogens with zero attached hydrogens (tertiary/aromatic N) is 2. The van der Waals surface area contributed by atoms with E-state index in [4.69, 9.17) is 6.57 Å². The first-order valence-electron chi connectivity index (χ1n) is 9.57. The Bertz CT molecular complexity index is 1010. The zero-order valence-electron chi connectivity index (χ0n) is 15.5. The number of rotatable bonds is 4. The molecule has 140 valence electrons. The highest BCUT2D eigenvalue weighted by Crippen LogP contribution is 2.31. The van der Waals surface area contributed by atoms with Gasteiger partial charge in [0.15, 0.2) is 10.8 Å². The summed E-state index contributed by atoms with van der Waals surface area (Å²) in [6, 6.07) is 15.8. The van der Waals surface area contributed by atoms with E-state index in [9.17, 15) is 4.79 Å². The van der Waals surface area contributed by atoms with Gasteiger partial charge in [-0.3, -0.25) is 4.79 Å². The summed E-state index contributed by atoms with van der Waals surface area (Å²) in [6.07, 6.45) is 5.49. The van der Waals surface area contributed by atoms with Gasteiger partial charge in [-0.05, 0) is 30.0 Å². The van der Waals surface area contributed by atoms with E-state index in [2.05, 4.69) is 27.3 Å². The van der Waals surface area contributed by atoms with Crippen molar-refractivity contribution in [1.82, 2.24) is 4.98 Å². The number of amides is 1. The van der Waals surface area contributed by atoms with Gasteiger partial charge in [0.05, 0.1) is 12.3 Å². The molecule has 1 amide bonds. The Kier molecular flexibility index (Phi) is 5.50. The molecule has 1 fully saturated rings. The Labute approximate surface area is 169 Å². The topological polar surface area (TPSA) is 46.4 Å². The molecule has 1 aliphatic rings. The Morgan fingerprint density at radius 1 is 1.04 bits per heavy atom. The van der Waals surface area contributed by atoms with Gasteiger partial charge in [-0.15, -0.1) is 11.3 Å². The average molecular weight is 388 g/mol. The van der Waals surface area contributed by atoms with Crippen LogP contribution in [0.25, 0.3) is 27.2 Å². The molecule has 0 bridgehead atoms. The van der Waals surface area contributed by atoms with Gasteiger partial charge in [-0.1, -0.05) is 61.7 Å².